The van der Waals surface area contributed by atoms with E-state index in [-0.39, 0.29) is 5.79 Å². The third-order valence-corrected chi connectivity index (χ3v) is 4.02. The van der Waals surface area contributed by atoms with Gasteiger partial charge in [0.05, 0.1) is 13.2 Å². The fourth-order valence-electron chi connectivity index (χ4n) is 3.00. The molecule has 2 saturated heterocycles. The van der Waals surface area contributed by atoms with E-state index in [2.05, 4.69) is 26.0 Å². The zero-order valence-electron chi connectivity index (χ0n) is 11.4. The molecule has 0 aromatic carbocycles. The van der Waals surface area contributed by atoms with Crippen LogP contribution in [0.1, 0.15) is 18.5 Å². The van der Waals surface area contributed by atoms with E-state index >= 15 is 0 Å². The summed E-state index contributed by atoms with van der Waals surface area (Å²) in [6.45, 7) is 5.17. The standard InChI is InChI=1S/C13H17N5O2/c1-10-8-11(18-12(16-10)14-9-15-18)17-4-2-13(3-5-17)19-6-7-20-13/h8-9H,2-7H2,1H3. The van der Waals surface area contributed by atoms with E-state index in [1.54, 1.807) is 10.8 Å². The van der Waals surface area contributed by atoms with Crippen LogP contribution in [0.25, 0.3) is 5.78 Å². The predicted octanol–water partition coefficient (Wildman–Crippen LogP) is 0.776. The van der Waals surface area contributed by atoms with Crippen LogP contribution in [0.15, 0.2) is 12.4 Å². The third-order valence-electron chi connectivity index (χ3n) is 4.02. The first-order chi connectivity index (χ1) is 9.76. The zero-order chi connectivity index (χ0) is 13.6. The number of hydrogen-bond acceptors (Lipinski definition) is 6. The van der Waals surface area contributed by atoms with Crippen molar-refractivity contribution in [1.82, 2.24) is 19.6 Å². The smallest absolute Gasteiger partial charge is 0.254 e. The number of ether oxygens (including phenoxy) is 2. The minimum absolute atomic E-state index is 0.347. The molecule has 2 aromatic heterocycles. The Hall–Kier alpha value is -1.73. The van der Waals surface area contributed by atoms with Gasteiger partial charge in [-0.15, -0.1) is 0 Å². The minimum atomic E-state index is -0.347. The van der Waals surface area contributed by atoms with Crippen LogP contribution in [0.4, 0.5) is 5.82 Å². The molecule has 1 spiro atoms. The molecule has 0 bridgehead atoms. The SMILES string of the molecule is Cc1cc(N2CCC3(CC2)OCCO3)n2ncnc2n1. The van der Waals surface area contributed by atoms with Gasteiger partial charge in [0.25, 0.3) is 5.78 Å². The molecule has 20 heavy (non-hydrogen) atoms. The van der Waals surface area contributed by atoms with Crippen LogP contribution in [0.5, 0.6) is 0 Å². The normalized spacial score (nSPS) is 21.9. The van der Waals surface area contributed by atoms with E-state index in [9.17, 15) is 0 Å². The molecule has 7 nitrogen and oxygen atoms in total. The van der Waals surface area contributed by atoms with E-state index in [0.717, 1.165) is 37.4 Å². The largest absolute Gasteiger partial charge is 0.356 e. The number of aryl methyl sites for hydroxylation is 1. The molecule has 0 radical (unpaired) electrons. The lowest BCUT2D eigenvalue weighted by Crippen LogP contribution is -2.45. The van der Waals surface area contributed by atoms with Gasteiger partial charge >= 0.3 is 0 Å². The maximum absolute atomic E-state index is 5.77. The number of piperidine rings is 1. The Kier molecular flexibility index (Phi) is 2.64. The summed E-state index contributed by atoms with van der Waals surface area (Å²) < 4.78 is 13.3. The Morgan fingerprint density at radius 3 is 2.70 bits per heavy atom. The highest BCUT2D eigenvalue weighted by Gasteiger charge is 2.40. The third kappa shape index (κ3) is 1.85. The molecule has 2 aliphatic rings. The van der Waals surface area contributed by atoms with Gasteiger partial charge in [0.2, 0.25) is 0 Å². The molecular weight excluding hydrogens is 258 g/mol. The zero-order valence-corrected chi connectivity index (χ0v) is 11.4. The van der Waals surface area contributed by atoms with Crippen LogP contribution in [-0.2, 0) is 9.47 Å². The van der Waals surface area contributed by atoms with Crippen molar-refractivity contribution in [2.45, 2.75) is 25.6 Å². The predicted molar refractivity (Wildman–Crippen MR) is 71.6 cm³/mol. The van der Waals surface area contributed by atoms with Gasteiger partial charge < -0.3 is 14.4 Å². The Bertz CT molecular complexity index is 625. The Morgan fingerprint density at radius 1 is 1.20 bits per heavy atom. The van der Waals surface area contributed by atoms with Gasteiger partial charge in [-0.2, -0.15) is 14.6 Å². The van der Waals surface area contributed by atoms with Gasteiger partial charge in [0.1, 0.15) is 12.1 Å². The highest BCUT2D eigenvalue weighted by atomic mass is 16.7. The topological polar surface area (TPSA) is 64.8 Å². The van der Waals surface area contributed by atoms with Crippen LogP contribution < -0.4 is 4.90 Å². The first kappa shape index (κ1) is 12.0. The second-order valence-electron chi connectivity index (χ2n) is 5.32. The van der Waals surface area contributed by atoms with Crippen LogP contribution in [0, 0.1) is 6.92 Å². The number of anilines is 1. The summed E-state index contributed by atoms with van der Waals surface area (Å²) in [7, 11) is 0. The summed E-state index contributed by atoms with van der Waals surface area (Å²) in [4.78, 5) is 10.8. The lowest BCUT2D eigenvalue weighted by Gasteiger charge is -2.38. The molecule has 0 aliphatic carbocycles. The maximum atomic E-state index is 5.77. The van der Waals surface area contributed by atoms with Crippen LogP contribution in [0.2, 0.25) is 0 Å². The second-order valence-corrected chi connectivity index (χ2v) is 5.32. The van der Waals surface area contributed by atoms with Crippen molar-refractivity contribution >= 4 is 11.6 Å². The highest BCUT2D eigenvalue weighted by molar-refractivity contribution is 5.47. The average Bonchev–Trinajstić information content (AvgIpc) is 3.08. The summed E-state index contributed by atoms with van der Waals surface area (Å²) in [6.07, 6.45) is 3.30. The lowest BCUT2D eigenvalue weighted by molar-refractivity contribution is -0.169. The number of aromatic nitrogens is 4. The molecule has 2 aliphatic heterocycles. The molecule has 0 unspecified atom stereocenters. The van der Waals surface area contributed by atoms with E-state index < -0.39 is 0 Å². The number of fused-ring (bicyclic) bond motifs is 1. The first-order valence-electron chi connectivity index (χ1n) is 6.96. The quantitative estimate of drug-likeness (QED) is 0.766. The Labute approximate surface area is 116 Å². The summed E-state index contributed by atoms with van der Waals surface area (Å²) in [5.74, 6) is 1.34. The van der Waals surface area contributed by atoms with Crippen molar-refractivity contribution in [2.75, 3.05) is 31.2 Å². The summed E-state index contributed by atoms with van der Waals surface area (Å²) in [5.41, 5.74) is 0.953. The van der Waals surface area contributed by atoms with Gasteiger partial charge in [-0.1, -0.05) is 0 Å². The molecule has 0 atom stereocenters. The molecule has 2 fully saturated rings. The molecule has 4 heterocycles. The molecule has 2 aromatic rings. The van der Waals surface area contributed by atoms with Gasteiger partial charge in [-0.25, -0.2) is 4.98 Å². The fraction of sp³-hybridized carbons (Fsp3) is 0.615. The highest BCUT2D eigenvalue weighted by Crippen LogP contribution is 2.33. The van der Waals surface area contributed by atoms with Crippen LogP contribution in [0.3, 0.4) is 0 Å². The van der Waals surface area contributed by atoms with Crippen molar-refractivity contribution in [3.8, 4) is 0 Å². The average molecular weight is 275 g/mol. The molecule has 106 valence electrons. The number of rotatable bonds is 1. The van der Waals surface area contributed by atoms with Gasteiger partial charge in [0.15, 0.2) is 5.79 Å². The van der Waals surface area contributed by atoms with Gasteiger partial charge in [0, 0.05) is 37.7 Å². The minimum Gasteiger partial charge on any atom is -0.356 e. The number of nitrogens with zero attached hydrogens (tertiary/aromatic N) is 5. The van der Waals surface area contributed by atoms with Crippen molar-refractivity contribution in [3.63, 3.8) is 0 Å². The van der Waals surface area contributed by atoms with Crippen molar-refractivity contribution in [1.29, 1.82) is 0 Å². The fourth-order valence-corrected chi connectivity index (χ4v) is 3.00. The first-order valence-corrected chi connectivity index (χ1v) is 6.96. The second kappa shape index (κ2) is 4.39. The molecule has 0 saturated carbocycles. The van der Waals surface area contributed by atoms with Gasteiger partial charge in [-0.05, 0) is 6.92 Å². The molecule has 4 rings (SSSR count). The van der Waals surface area contributed by atoms with Crippen molar-refractivity contribution in [3.05, 3.63) is 18.1 Å². The summed E-state index contributed by atoms with van der Waals surface area (Å²) in [5, 5.41) is 4.26. The monoisotopic (exact) mass is 275 g/mol. The molecule has 0 N–H and O–H groups in total. The summed E-state index contributed by atoms with van der Waals surface area (Å²) in [6, 6.07) is 2.05. The van der Waals surface area contributed by atoms with E-state index in [1.165, 1.54) is 0 Å². The molecule has 0 amide bonds. The molecule has 7 heteroatoms. The Morgan fingerprint density at radius 2 is 1.95 bits per heavy atom. The lowest BCUT2D eigenvalue weighted by atomic mass is 10.0. The van der Waals surface area contributed by atoms with E-state index in [4.69, 9.17) is 9.47 Å². The summed E-state index contributed by atoms with van der Waals surface area (Å²) >= 11 is 0. The van der Waals surface area contributed by atoms with Crippen molar-refractivity contribution in [2.24, 2.45) is 0 Å². The van der Waals surface area contributed by atoms with Crippen LogP contribution in [-0.4, -0.2) is 51.7 Å². The van der Waals surface area contributed by atoms with Gasteiger partial charge in [-0.3, -0.25) is 0 Å². The Balaban J connectivity index is 1.62. The molecular formula is C13H17N5O2. The van der Waals surface area contributed by atoms with Crippen LogP contribution >= 0.6 is 0 Å². The van der Waals surface area contributed by atoms with E-state index in [0.29, 0.717) is 19.0 Å². The maximum Gasteiger partial charge on any atom is 0.254 e. The number of hydrogen-bond donors (Lipinski definition) is 0. The van der Waals surface area contributed by atoms with E-state index in [1.807, 2.05) is 6.92 Å². The van der Waals surface area contributed by atoms with Crippen molar-refractivity contribution < 1.29 is 9.47 Å².